The zero-order valence-electron chi connectivity index (χ0n) is 9.26. The van der Waals surface area contributed by atoms with Crippen LogP contribution in [0.25, 0.3) is 0 Å². The van der Waals surface area contributed by atoms with Crippen molar-refractivity contribution in [3.63, 3.8) is 0 Å². The van der Waals surface area contributed by atoms with E-state index in [-0.39, 0.29) is 5.16 Å². The van der Waals surface area contributed by atoms with Crippen molar-refractivity contribution >= 4 is 7.14 Å². The van der Waals surface area contributed by atoms with E-state index in [9.17, 15) is 4.57 Å². The van der Waals surface area contributed by atoms with E-state index in [2.05, 4.69) is 26.8 Å². The number of hydrogen-bond acceptors (Lipinski definition) is 1. The maximum atomic E-state index is 12.5. The molecule has 0 amide bonds. The SMILES string of the molecule is CC(C)(C)[P@@](C)(=O)C1=CCCCC1. The number of allylic oxidation sites excluding steroid dienone is 2. The molecule has 76 valence electrons. The van der Waals surface area contributed by atoms with Crippen LogP contribution in [0.2, 0.25) is 0 Å². The summed E-state index contributed by atoms with van der Waals surface area (Å²) in [7, 11) is -2.09. The van der Waals surface area contributed by atoms with Crippen LogP contribution in [0.3, 0.4) is 0 Å². The maximum absolute atomic E-state index is 12.5. The smallest absolute Gasteiger partial charge is 0.113 e. The summed E-state index contributed by atoms with van der Waals surface area (Å²) in [6, 6.07) is 0. The second kappa shape index (κ2) is 3.61. The average molecular weight is 200 g/mol. The van der Waals surface area contributed by atoms with E-state index < -0.39 is 7.14 Å². The highest BCUT2D eigenvalue weighted by atomic mass is 31.2. The van der Waals surface area contributed by atoms with Crippen LogP contribution < -0.4 is 0 Å². The van der Waals surface area contributed by atoms with E-state index in [0.29, 0.717) is 0 Å². The van der Waals surface area contributed by atoms with Crippen LogP contribution in [-0.2, 0) is 4.57 Å². The summed E-state index contributed by atoms with van der Waals surface area (Å²) < 4.78 is 12.5. The van der Waals surface area contributed by atoms with Crippen molar-refractivity contribution in [3.05, 3.63) is 11.4 Å². The molecule has 0 bridgehead atoms. The second-order valence-electron chi connectivity index (χ2n) is 5.04. The fourth-order valence-corrected chi connectivity index (χ4v) is 3.56. The van der Waals surface area contributed by atoms with Crippen LogP contribution in [0.4, 0.5) is 0 Å². The van der Waals surface area contributed by atoms with E-state index in [4.69, 9.17) is 0 Å². The first-order chi connectivity index (χ1) is 5.86. The standard InChI is InChI=1S/C11H21OP/c1-11(2,3)13(4,12)10-8-6-5-7-9-10/h8H,5-7,9H2,1-4H3/t13-/m0/s1. The molecule has 0 N–H and O–H groups in total. The fourth-order valence-electron chi connectivity index (χ4n) is 1.64. The second-order valence-corrected chi connectivity index (χ2v) is 8.80. The molecule has 1 nitrogen and oxygen atoms in total. The molecule has 0 saturated heterocycles. The van der Waals surface area contributed by atoms with E-state index >= 15 is 0 Å². The van der Waals surface area contributed by atoms with Crippen LogP contribution in [0, 0.1) is 0 Å². The first kappa shape index (κ1) is 11.0. The molecule has 1 rings (SSSR count). The molecule has 0 radical (unpaired) electrons. The molecule has 0 aromatic heterocycles. The van der Waals surface area contributed by atoms with Crippen LogP contribution in [0.5, 0.6) is 0 Å². The largest absolute Gasteiger partial charge is 0.319 e. The van der Waals surface area contributed by atoms with Gasteiger partial charge in [-0.05, 0) is 37.7 Å². The zero-order valence-corrected chi connectivity index (χ0v) is 10.2. The predicted molar refractivity (Wildman–Crippen MR) is 59.8 cm³/mol. The summed E-state index contributed by atoms with van der Waals surface area (Å²) in [5.41, 5.74) is 0. The van der Waals surface area contributed by atoms with Gasteiger partial charge in [0.2, 0.25) is 0 Å². The minimum atomic E-state index is -2.09. The third kappa shape index (κ3) is 2.26. The van der Waals surface area contributed by atoms with Crippen molar-refractivity contribution in [2.45, 2.75) is 51.6 Å². The van der Waals surface area contributed by atoms with Crippen LogP contribution >= 0.6 is 7.14 Å². The molecular weight excluding hydrogens is 179 g/mol. The lowest BCUT2D eigenvalue weighted by Crippen LogP contribution is -2.16. The Morgan fingerprint density at radius 1 is 1.31 bits per heavy atom. The third-order valence-electron chi connectivity index (χ3n) is 3.10. The Kier molecular flexibility index (Phi) is 3.07. The molecule has 0 unspecified atom stereocenters. The average Bonchev–Trinajstić information content (AvgIpc) is 2.04. The first-order valence-corrected chi connectivity index (χ1v) is 7.28. The van der Waals surface area contributed by atoms with E-state index in [1.807, 2.05) is 6.66 Å². The Balaban J connectivity index is 2.92. The lowest BCUT2D eigenvalue weighted by Gasteiger charge is -2.31. The number of hydrogen-bond donors (Lipinski definition) is 0. The summed E-state index contributed by atoms with van der Waals surface area (Å²) in [6.07, 6.45) is 6.90. The fraction of sp³-hybridized carbons (Fsp3) is 0.818. The van der Waals surface area contributed by atoms with Crippen molar-refractivity contribution in [2.24, 2.45) is 0 Å². The van der Waals surface area contributed by atoms with Gasteiger partial charge in [-0.25, -0.2) is 0 Å². The molecule has 13 heavy (non-hydrogen) atoms. The van der Waals surface area contributed by atoms with Crippen molar-refractivity contribution in [1.82, 2.24) is 0 Å². The summed E-state index contributed by atoms with van der Waals surface area (Å²) in [5, 5.41) is 1.18. The van der Waals surface area contributed by atoms with Gasteiger partial charge in [0, 0.05) is 5.16 Å². The first-order valence-electron chi connectivity index (χ1n) is 5.13. The molecule has 1 atom stereocenters. The lowest BCUT2D eigenvalue weighted by molar-refractivity contribution is 0.553. The van der Waals surface area contributed by atoms with Gasteiger partial charge in [0.15, 0.2) is 0 Å². The van der Waals surface area contributed by atoms with E-state index in [1.165, 1.54) is 18.2 Å². The molecule has 0 heterocycles. The van der Waals surface area contributed by atoms with Gasteiger partial charge >= 0.3 is 0 Å². The van der Waals surface area contributed by atoms with Crippen molar-refractivity contribution in [2.75, 3.05) is 6.66 Å². The highest BCUT2D eigenvalue weighted by Gasteiger charge is 2.34. The van der Waals surface area contributed by atoms with Crippen LogP contribution in [0.1, 0.15) is 46.5 Å². The van der Waals surface area contributed by atoms with Gasteiger partial charge < -0.3 is 4.57 Å². The highest BCUT2D eigenvalue weighted by Crippen LogP contribution is 2.62. The summed E-state index contributed by atoms with van der Waals surface area (Å²) in [6.45, 7) is 8.21. The highest BCUT2D eigenvalue weighted by molar-refractivity contribution is 7.68. The van der Waals surface area contributed by atoms with Crippen LogP contribution in [-0.4, -0.2) is 11.8 Å². The molecule has 0 fully saturated rings. The van der Waals surface area contributed by atoms with Crippen molar-refractivity contribution in [1.29, 1.82) is 0 Å². The Morgan fingerprint density at radius 2 is 1.92 bits per heavy atom. The van der Waals surface area contributed by atoms with Gasteiger partial charge in [-0.15, -0.1) is 0 Å². The molecule has 2 heteroatoms. The number of rotatable bonds is 1. The molecular formula is C11H21OP. The normalized spacial score (nSPS) is 23.5. The Hall–Kier alpha value is -0.0300. The third-order valence-corrected chi connectivity index (χ3v) is 7.16. The van der Waals surface area contributed by atoms with Crippen molar-refractivity contribution in [3.8, 4) is 0 Å². The van der Waals surface area contributed by atoms with Gasteiger partial charge in [0.05, 0.1) is 0 Å². The van der Waals surface area contributed by atoms with Gasteiger partial charge in [0.1, 0.15) is 7.14 Å². The van der Waals surface area contributed by atoms with Gasteiger partial charge in [-0.3, -0.25) is 0 Å². The van der Waals surface area contributed by atoms with Gasteiger partial charge in [-0.1, -0.05) is 26.8 Å². The molecule has 1 aliphatic carbocycles. The Labute approximate surface area is 82.0 Å². The summed E-state index contributed by atoms with van der Waals surface area (Å²) in [4.78, 5) is 0. The van der Waals surface area contributed by atoms with E-state index in [0.717, 1.165) is 12.8 Å². The lowest BCUT2D eigenvalue weighted by atomic mass is 10.1. The molecule has 0 aromatic carbocycles. The quantitative estimate of drug-likeness (QED) is 0.579. The van der Waals surface area contributed by atoms with Gasteiger partial charge in [-0.2, -0.15) is 0 Å². The maximum Gasteiger partial charge on any atom is 0.113 e. The summed E-state index contributed by atoms with van der Waals surface area (Å²) in [5.74, 6) is 0. The molecule has 0 aromatic rings. The predicted octanol–water partition coefficient (Wildman–Crippen LogP) is 4.24. The van der Waals surface area contributed by atoms with Gasteiger partial charge in [0.25, 0.3) is 0 Å². The Morgan fingerprint density at radius 3 is 2.31 bits per heavy atom. The monoisotopic (exact) mass is 200 g/mol. The summed E-state index contributed by atoms with van der Waals surface area (Å²) >= 11 is 0. The zero-order chi connectivity index (χ0) is 10.1. The molecule has 1 aliphatic rings. The van der Waals surface area contributed by atoms with E-state index in [1.54, 1.807) is 0 Å². The van der Waals surface area contributed by atoms with Crippen molar-refractivity contribution < 1.29 is 4.57 Å². The molecule has 0 aliphatic heterocycles. The topological polar surface area (TPSA) is 17.1 Å². The Bertz CT molecular complexity index is 258. The van der Waals surface area contributed by atoms with Crippen LogP contribution in [0.15, 0.2) is 11.4 Å². The minimum Gasteiger partial charge on any atom is -0.319 e. The molecule has 0 spiro atoms. The molecule has 0 saturated carbocycles. The minimum absolute atomic E-state index is 0.0594.